The van der Waals surface area contributed by atoms with Crippen molar-refractivity contribution in [3.05, 3.63) is 34.3 Å². The minimum Gasteiger partial charge on any atom is -0.349 e. The monoisotopic (exact) mass is 266 g/mol. The van der Waals surface area contributed by atoms with Crippen LogP contribution in [0.2, 0.25) is 5.02 Å². The molecule has 2 atom stereocenters. The molecule has 1 saturated heterocycles. The molecule has 1 aliphatic rings. The fourth-order valence-corrected chi connectivity index (χ4v) is 2.56. The molecule has 0 aliphatic carbocycles. The molecule has 0 spiro atoms. The Morgan fingerprint density at radius 2 is 2.28 bits per heavy atom. The molecule has 18 heavy (non-hydrogen) atoms. The van der Waals surface area contributed by atoms with Crippen molar-refractivity contribution in [2.45, 2.75) is 38.8 Å². The highest BCUT2D eigenvalue weighted by Gasteiger charge is 2.21. The van der Waals surface area contributed by atoms with Gasteiger partial charge in [-0.05, 0) is 44.9 Å². The Labute approximate surface area is 113 Å². The third-order valence-corrected chi connectivity index (χ3v) is 3.90. The molecule has 1 aliphatic heterocycles. The SMILES string of the molecule is Cc1cccc(C(=O)NC2CCNC(C)C2)c1Cl. The predicted octanol–water partition coefficient (Wildman–Crippen LogP) is 2.52. The quantitative estimate of drug-likeness (QED) is 0.864. The van der Waals surface area contributed by atoms with Gasteiger partial charge >= 0.3 is 0 Å². The number of rotatable bonds is 2. The van der Waals surface area contributed by atoms with Crippen LogP contribution < -0.4 is 10.6 Å². The molecule has 0 aromatic heterocycles. The van der Waals surface area contributed by atoms with E-state index in [0.29, 0.717) is 16.6 Å². The molecular weight excluding hydrogens is 248 g/mol. The first kappa shape index (κ1) is 13.4. The normalized spacial score (nSPS) is 23.7. The lowest BCUT2D eigenvalue weighted by atomic mass is 10.00. The second kappa shape index (κ2) is 5.72. The Bertz CT molecular complexity index is 447. The molecule has 1 amide bonds. The van der Waals surface area contributed by atoms with Crippen molar-refractivity contribution in [1.82, 2.24) is 10.6 Å². The van der Waals surface area contributed by atoms with Crippen LogP contribution in [0.4, 0.5) is 0 Å². The van der Waals surface area contributed by atoms with Crippen LogP contribution in [0.5, 0.6) is 0 Å². The largest absolute Gasteiger partial charge is 0.349 e. The fourth-order valence-electron chi connectivity index (χ4n) is 2.35. The van der Waals surface area contributed by atoms with Crippen LogP contribution in [0.25, 0.3) is 0 Å². The summed E-state index contributed by atoms with van der Waals surface area (Å²) in [6.07, 6.45) is 1.94. The van der Waals surface area contributed by atoms with Gasteiger partial charge in [-0.1, -0.05) is 23.7 Å². The van der Waals surface area contributed by atoms with Crippen molar-refractivity contribution in [2.24, 2.45) is 0 Å². The summed E-state index contributed by atoms with van der Waals surface area (Å²) < 4.78 is 0. The van der Waals surface area contributed by atoms with Gasteiger partial charge in [-0.3, -0.25) is 4.79 Å². The van der Waals surface area contributed by atoms with Crippen LogP contribution in [-0.4, -0.2) is 24.5 Å². The van der Waals surface area contributed by atoms with Gasteiger partial charge < -0.3 is 10.6 Å². The number of amides is 1. The van der Waals surface area contributed by atoms with Crippen molar-refractivity contribution in [3.8, 4) is 0 Å². The Hall–Kier alpha value is -1.06. The van der Waals surface area contributed by atoms with Crippen molar-refractivity contribution >= 4 is 17.5 Å². The van der Waals surface area contributed by atoms with Crippen LogP contribution in [0, 0.1) is 6.92 Å². The topological polar surface area (TPSA) is 41.1 Å². The van der Waals surface area contributed by atoms with Gasteiger partial charge in [0.2, 0.25) is 0 Å². The average molecular weight is 267 g/mol. The lowest BCUT2D eigenvalue weighted by Crippen LogP contribution is -2.46. The summed E-state index contributed by atoms with van der Waals surface area (Å²) in [5.74, 6) is -0.0669. The molecule has 1 aromatic carbocycles. The third-order valence-electron chi connectivity index (χ3n) is 3.40. The average Bonchev–Trinajstić information content (AvgIpc) is 2.32. The number of hydrogen-bond acceptors (Lipinski definition) is 2. The molecule has 0 saturated carbocycles. The molecule has 1 heterocycles. The van der Waals surface area contributed by atoms with E-state index in [1.165, 1.54) is 0 Å². The summed E-state index contributed by atoms with van der Waals surface area (Å²) in [6.45, 7) is 5.00. The molecule has 3 nitrogen and oxygen atoms in total. The second-order valence-corrected chi connectivity index (χ2v) is 5.36. The molecule has 1 aromatic rings. The zero-order chi connectivity index (χ0) is 13.1. The zero-order valence-corrected chi connectivity index (χ0v) is 11.6. The van der Waals surface area contributed by atoms with E-state index in [1.54, 1.807) is 6.07 Å². The number of carbonyl (C=O) groups excluding carboxylic acids is 1. The maximum atomic E-state index is 12.2. The second-order valence-electron chi connectivity index (χ2n) is 4.99. The molecule has 2 N–H and O–H groups in total. The van der Waals surface area contributed by atoms with E-state index in [-0.39, 0.29) is 11.9 Å². The summed E-state index contributed by atoms with van der Waals surface area (Å²) in [7, 11) is 0. The maximum Gasteiger partial charge on any atom is 0.253 e. The molecule has 2 unspecified atom stereocenters. The van der Waals surface area contributed by atoms with Gasteiger partial charge in [-0.25, -0.2) is 0 Å². The molecule has 4 heteroatoms. The van der Waals surface area contributed by atoms with Crippen molar-refractivity contribution < 1.29 is 4.79 Å². The number of aryl methyl sites for hydroxylation is 1. The number of halogens is 1. The lowest BCUT2D eigenvalue weighted by molar-refractivity contribution is 0.0926. The highest BCUT2D eigenvalue weighted by atomic mass is 35.5. The van der Waals surface area contributed by atoms with Crippen LogP contribution in [-0.2, 0) is 0 Å². The summed E-state index contributed by atoms with van der Waals surface area (Å²) in [5, 5.41) is 6.99. The number of benzene rings is 1. The number of piperidine rings is 1. The van der Waals surface area contributed by atoms with Crippen LogP contribution in [0.15, 0.2) is 18.2 Å². The van der Waals surface area contributed by atoms with Gasteiger partial charge in [0.1, 0.15) is 0 Å². The van der Waals surface area contributed by atoms with Gasteiger partial charge in [0.15, 0.2) is 0 Å². The number of hydrogen-bond donors (Lipinski definition) is 2. The minimum absolute atomic E-state index is 0.0669. The number of nitrogens with one attached hydrogen (secondary N) is 2. The molecular formula is C14H19ClN2O. The summed E-state index contributed by atoms with van der Waals surface area (Å²) >= 11 is 6.16. The lowest BCUT2D eigenvalue weighted by Gasteiger charge is -2.28. The van der Waals surface area contributed by atoms with E-state index in [2.05, 4.69) is 17.6 Å². The third kappa shape index (κ3) is 3.03. The van der Waals surface area contributed by atoms with Gasteiger partial charge in [-0.2, -0.15) is 0 Å². The first-order valence-corrected chi connectivity index (χ1v) is 6.75. The maximum absolute atomic E-state index is 12.2. The first-order valence-electron chi connectivity index (χ1n) is 6.37. The Morgan fingerprint density at radius 3 is 3.00 bits per heavy atom. The first-order chi connectivity index (χ1) is 8.58. The van der Waals surface area contributed by atoms with E-state index in [1.807, 2.05) is 19.1 Å². The van der Waals surface area contributed by atoms with E-state index in [4.69, 9.17) is 11.6 Å². The smallest absolute Gasteiger partial charge is 0.253 e. The van der Waals surface area contributed by atoms with Crippen molar-refractivity contribution in [3.63, 3.8) is 0 Å². The Morgan fingerprint density at radius 1 is 1.50 bits per heavy atom. The predicted molar refractivity (Wildman–Crippen MR) is 74.1 cm³/mol. The number of carbonyl (C=O) groups is 1. The van der Waals surface area contributed by atoms with E-state index >= 15 is 0 Å². The Balaban J connectivity index is 2.05. The van der Waals surface area contributed by atoms with E-state index in [9.17, 15) is 4.79 Å². The molecule has 0 bridgehead atoms. The van der Waals surface area contributed by atoms with Gasteiger partial charge in [0.05, 0.1) is 10.6 Å². The highest BCUT2D eigenvalue weighted by Crippen LogP contribution is 2.20. The zero-order valence-electron chi connectivity index (χ0n) is 10.8. The van der Waals surface area contributed by atoms with Crippen LogP contribution >= 0.6 is 11.6 Å². The molecule has 98 valence electrons. The highest BCUT2D eigenvalue weighted by molar-refractivity contribution is 6.34. The van der Waals surface area contributed by atoms with Crippen LogP contribution in [0.1, 0.15) is 35.7 Å². The van der Waals surface area contributed by atoms with E-state index < -0.39 is 0 Å². The standard InChI is InChI=1S/C14H19ClN2O/c1-9-4-3-5-12(13(9)15)14(18)17-11-6-7-16-10(2)8-11/h3-5,10-11,16H,6-8H2,1-2H3,(H,17,18). The van der Waals surface area contributed by atoms with Crippen molar-refractivity contribution in [1.29, 1.82) is 0 Å². The van der Waals surface area contributed by atoms with Crippen molar-refractivity contribution in [2.75, 3.05) is 6.54 Å². The van der Waals surface area contributed by atoms with Gasteiger partial charge in [0.25, 0.3) is 5.91 Å². The summed E-state index contributed by atoms with van der Waals surface area (Å²) in [6, 6.07) is 6.24. The molecule has 2 rings (SSSR count). The Kier molecular flexibility index (Phi) is 4.25. The fraction of sp³-hybridized carbons (Fsp3) is 0.500. The molecule has 1 fully saturated rings. The summed E-state index contributed by atoms with van der Waals surface area (Å²) in [4.78, 5) is 12.2. The van der Waals surface area contributed by atoms with Gasteiger partial charge in [0, 0.05) is 12.1 Å². The van der Waals surface area contributed by atoms with Gasteiger partial charge in [-0.15, -0.1) is 0 Å². The minimum atomic E-state index is -0.0669. The summed E-state index contributed by atoms with van der Waals surface area (Å²) in [5.41, 5.74) is 1.51. The molecule has 0 radical (unpaired) electrons. The van der Waals surface area contributed by atoms with Crippen LogP contribution in [0.3, 0.4) is 0 Å². The van der Waals surface area contributed by atoms with E-state index in [0.717, 1.165) is 24.9 Å².